The first-order valence-corrected chi connectivity index (χ1v) is 12.5. The van der Waals surface area contributed by atoms with E-state index in [1.54, 1.807) is 7.11 Å². The normalized spacial score (nSPS) is 21.0. The molecule has 0 saturated heterocycles. The minimum atomic E-state index is -2.85. The van der Waals surface area contributed by atoms with Crippen LogP contribution in [0.15, 0.2) is 23.0 Å². The number of fused-ring (bicyclic) bond motifs is 5. The Balaban J connectivity index is 1.78. The quantitative estimate of drug-likeness (QED) is 0.393. The Bertz CT molecular complexity index is 1630. The predicted molar refractivity (Wildman–Crippen MR) is 142 cm³/mol. The lowest BCUT2D eigenvalue weighted by Crippen LogP contribution is -2.45. The average Bonchev–Trinajstić information content (AvgIpc) is 3.25. The minimum absolute atomic E-state index is 0.00673. The molecule has 8 nitrogen and oxygen atoms in total. The molecule has 2 aromatic heterocycles. The molecule has 37 heavy (non-hydrogen) atoms. The van der Waals surface area contributed by atoms with Gasteiger partial charge in [-0.1, -0.05) is 20.8 Å². The topological polar surface area (TPSA) is 93.9 Å². The average molecular weight is 509 g/mol. The lowest BCUT2D eigenvalue weighted by Gasteiger charge is -2.33. The standard InChI is InChI=1S/C29H35N3O5/c1-8-31(6)17(5)24-19-10-18-13-32-23(25(18)30-22(19)9-16(4)26(24)36-7)11-21-20(27(32)33)14-37-28(34)29(21,35)12-15(2)3/h9-11,15,17,35H,8,12-14H2,1-7H3/t17?,29-/m0/s1/i12D2,15D. The highest BCUT2D eigenvalue weighted by Gasteiger charge is 2.47. The van der Waals surface area contributed by atoms with E-state index in [1.807, 2.05) is 26.1 Å². The summed E-state index contributed by atoms with van der Waals surface area (Å²) in [5.41, 5.74) is 0.774. The third kappa shape index (κ3) is 3.77. The molecule has 0 saturated carbocycles. The lowest BCUT2D eigenvalue weighted by molar-refractivity contribution is -0.174. The monoisotopic (exact) mass is 508 g/mol. The van der Waals surface area contributed by atoms with Crippen molar-refractivity contribution in [2.75, 3.05) is 20.7 Å². The molecule has 2 aliphatic heterocycles. The molecule has 0 radical (unpaired) electrons. The van der Waals surface area contributed by atoms with E-state index < -0.39 is 36.0 Å². The van der Waals surface area contributed by atoms with Crippen LogP contribution in [0.4, 0.5) is 0 Å². The molecule has 196 valence electrons. The number of rotatable bonds is 6. The van der Waals surface area contributed by atoms with E-state index in [9.17, 15) is 14.7 Å². The summed E-state index contributed by atoms with van der Waals surface area (Å²) in [5.74, 6) is -2.33. The Morgan fingerprint density at radius 3 is 2.70 bits per heavy atom. The Morgan fingerprint density at radius 2 is 2.05 bits per heavy atom. The fourth-order valence-corrected chi connectivity index (χ4v) is 5.53. The van der Waals surface area contributed by atoms with Crippen molar-refractivity contribution in [3.63, 3.8) is 0 Å². The number of benzene rings is 1. The molecule has 8 heteroatoms. The third-order valence-electron chi connectivity index (χ3n) is 7.59. The van der Waals surface area contributed by atoms with E-state index in [1.165, 1.54) is 24.5 Å². The van der Waals surface area contributed by atoms with Crippen molar-refractivity contribution in [3.05, 3.63) is 56.4 Å². The molecular weight excluding hydrogens is 470 g/mol. The molecule has 0 bridgehead atoms. The number of aromatic nitrogens is 2. The molecule has 0 fully saturated rings. The van der Waals surface area contributed by atoms with E-state index in [2.05, 4.69) is 18.7 Å². The van der Waals surface area contributed by atoms with Gasteiger partial charge in [0.1, 0.15) is 12.4 Å². The Labute approximate surface area is 221 Å². The molecule has 0 amide bonds. The first kappa shape index (κ1) is 21.8. The van der Waals surface area contributed by atoms with E-state index in [0.717, 1.165) is 34.4 Å². The number of cyclic esters (lactones) is 1. The molecule has 5 rings (SSSR count). The zero-order valence-electron chi connectivity index (χ0n) is 25.4. The van der Waals surface area contributed by atoms with Gasteiger partial charge in [0.15, 0.2) is 5.60 Å². The SMILES string of the molecule is [2H]C(C)(C)C([2H])([2H])[C@@]1(O)C(=O)OCc2c1cc1n(c2=O)Cc2cc3c(C(C)N(C)CC)c(OC)c(C)cc3nc2-1. The molecule has 4 heterocycles. The maximum absolute atomic E-state index is 13.7. The maximum Gasteiger partial charge on any atom is 0.343 e. The lowest BCUT2D eigenvalue weighted by atomic mass is 9.82. The minimum Gasteiger partial charge on any atom is -0.496 e. The number of methoxy groups -OCH3 is 1. The van der Waals surface area contributed by atoms with Gasteiger partial charge in [0.25, 0.3) is 5.56 Å². The molecule has 0 spiro atoms. The van der Waals surface area contributed by atoms with Crippen molar-refractivity contribution in [2.24, 2.45) is 5.89 Å². The number of aliphatic hydroxyl groups is 1. The van der Waals surface area contributed by atoms with Gasteiger partial charge in [-0.25, -0.2) is 9.78 Å². The number of ether oxygens (including phenoxy) is 2. The second-order valence-corrected chi connectivity index (χ2v) is 10.2. The van der Waals surface area contributed by atoms with Crippen molar-refractivity contribution >= 4 is 16.9 Å². The van der Waals surface area contributed by atoms with Crippen LogP contribution in [0.5, 0.6) is 5.75 Å². The summed E-state index contributed by atoms with van der Waals surface area (Å²) >= 11 is 0. The van der Waals surface area contributed by atoms with E-state index in [0.29, 0.717) is 16.9 Å². The zero-order valence-corrected chi connectivity index (χ0v) is 22.4. The molecule has 1 aromatic carbocycles. The second-order valence-electron chi connectivity index (χ2n) is 10.2. The maximum atomic E-state index is 13.7. The highest BCUT2D eigenvalue weighted by atomic mass is 16.6. The highest BCUT2D eigenvalue weighted by molar-refractivity contribution is 5.90. The number of carbonyl (C=O) groups is 1. The molecule has 1 N–H and O–H groups in total. The highest BCUT2D eigenvalue weighted by Crippen LogP contribution is 2.43. The summed E-state index contributed by atoms with van der Waals surface area (Å²) < 4.78 is 38.0. The number of nitrogens with zero attached hydrogens (tertiary/aromatic N) is 3. The van der Waals surface area contributed by atoms with Crippen LogP contribution in [0.2, 0.25) is 0 Å². The van der Waals surface area contributed by atoms with Gasteiger partial charge in [0, 0.05) is 32.2 Å². The fourth-order valence-electron chi connectivity index (χ4n) is 5.53. The Morgan fingerprint density at radius 1 is 1.32 bits per heavy atom. The van der Waals surface area contributed by atoms with Gasteiger partial charge in [-0.15, -0.1) is 0 Å². The van der Waals surface area contributed by atoms with Gasteiger partial charge in [0.05, 0.1) is 36.1 Å². The van der Waals surface area contributed by atoms with Gasteiger partial charge < -0.3 is 19.1 Å². The Hall–Kier alpha value is -3.23. The fraction of sp³-hybridized carbons (Fsp3) is 0.483. The molecule has 0 aliphatic carbocycles. The number of hydrogen-bond acceptors (Lipinski definition) is 7. The van der Waals surface area contributed by atoms with E-state index in [4.69, 9.17) is 18.6 Å². The van der Waals surface area contributed by atoms with Crippen molar-refractivity contribution < 1.29 is 23.5 Å². The molecule has 1 unspecified atom stereocenters. The summed E-state index contributed by atoms with van der Waals surface area (Å²) in [7, 11) is 3.69. The van der Waals surface area contributed by atoms with Crippen LogP contribution in [-0.2, 0) is 28.3 Å². The van der Waals surface area contributed by atoms with Crippen LogP contribution in [-0.4, -0.2) is 46.2 Å². The van der Waals surface area contributed by atoms with Gasteiger partial charge in [-0.2, -0.15) is 0 Å². The number of esters is 1. The summed E-state index contributed by atoms with van der Waals surface area (Å²) in [6.07, 6.45) is -2.78. The second kappa shape index (κ2) is 8.96. The number of hydrogen-bond donors (Lipinski definition) is 1. The molecule has 3 aromatic rings. The number of pyridine rings is 2. The molecular formula is C29H35N3O5. The molecule has 2 atom stereocenters. The first-order chi connectivity index (χ1) is 18.6. The van der Waals surface area contributed by atoms with Crippen LogP contribution in [0.1, 0.15) is 72.0 Å². The van der Waals surface area contributed by atoms with Gasteiger partial charge in [-0.05, 0) is 63.5 Å². The van der Waals surface area contributed by atoms with E-state index in [-0.39, 0.29) is 23.7 Å². The van der Waals surface area contributed by atoms with Gasteiger partial charge in [0.2, 0.25) is 0 Å². The molecule has 2 aliphatic rings. The number of carbonyl (C=O) groups excluding carboxylic acids is 1. The first-order valence-electron chi connectivity index (χ1n) is 14.0. The van der Waals surface area contributed by atoms with Crippen molar-refractivity contribution in [3.8, 4) is 17.1 Å². The summed E-state index contributed by atoms with van der Waals surface area (Å²) in [6, 6.07) is 5.44. The smallest absolute Gasteiger partial charge is 0.343 e. The van der Waals surface area contributed by atoms with E-state index >= 15 is 0 Å². The largest absolute Gasteiger partial charge is 0.496 e. The Kier molecular flexibility index (Phi) is 5.28. The summed E-state index contributed by atoms with van der Waals surface area (Å²) in [6.45, 7) is 9.34. The van der Waals surface area contributed by atoms with Crippen LogP contribution < -0.4 is 10.3 Å². The van der Waals surface area contributed by atoms with Crippen molar-refractivity contribution in [2.45, 2.75) is 65.8 Å². The number of aryl methyl sites for hydroxylation is 1. The van der Waals surface area contributed by atoms with Gasteiger partial charge >= 0.3 is 5.97 Å². The van der Waals surface area contributed by atoms with Crippen LogP contribution in [0, 0.1) is 12.8 Å². The van der Waals surface area contributed by atoms with Crippen molar-refractivity contribution in [1.82, 2.24) is 14.5 Å². The predicted octanol–water partition coefficient (Wildman–Crippen LogP) is 4.05. The zero-order chi connectivity index (χ0) is 29.5. The summed E-state index contributed by atoms with van der Waals surface area (Å²) in [5, 5.41) is 12.5. The summed E-state index contributed by atoms with van der Waals surface area (Å²) in [4.78, 5) is 33.9. The van der Waals surface area contributed by atoms with Gasteiger partial charge in [-0.3, -0.25) is 9.69 Å². The van der Waals surface area contributed by atoms with Crippen LogP contribution >= 0.6 is 0 Å². The van der Waals surface area contributed by atoms with Crippen LogP contribution in [0.3, 0.4) is 0 Å². The van der Waals surface area contributed by atoms with Crippen molar-refractivity contribution in [1.29, 1.82) is 0 Å². The third-order valence-corrected chi connectivity index (χ3v) is 7.59. The van der Waals surface area contributed by atoms with Crippen LogP contribution in [0.25, 0.3) is 22.3 Å².